The van der Waals surface area contributed by atoms with E-state index in [0.29, 0.717) is 11.2 Å². The Kier molecular flexibility index (Phi) is 4.00. The lowest BCUT2D eigenvalue weighted by Gasteiger charge is -2.11. The molecule has 0 aliphatic carbocycles. The molecule has 0 bridgehead atoms. The van der Waals surface area contributed by atoms with Crippen molar-refractivity contribution >= 4 is 23.5 Å². The van der Waals surface area contributed by atoms with E-state index < -0.39 is 0 Å². The summed E-state index contributed by atoms with van der Waals surface area (Å²) >= 11 is 1.82. The zero-order chi connectivity index (χ0) is 10.6. The molecule has 0 saturated carbocycles. The van der Waals surface area contributed by atoms with Crippen LogP contribution in [-0.4, -0.2) is 28.0 Å². The molecule has 14 heavy (non-hydrogen) atoms. The number of nitrogens with one attached hydrogen (secondary N) is 1. The molecule has 0 fully saturated rings. The van der Waals surface area contributed by atoms with Gasteiger partial charge in [0.25, 0.3) is 0 Å². The molecular formula is C9H16N4S. The molecule has 0 amide bonds. The van der Waals surface area contributed by atoms with Crippen LogP contribution in [0, 0.1) is 6.92 Å². The average molecular weight is 212 g/mol. The highest BCUT2D eigenvalue weighted by Crippen LogP contribution is 2.12. The van der Waals surface area contributed by atoms with Crippen LogP contribution < -0.4 is 11.1 Å². The lowest BCUT2D eigenvalue weighted by molar-refractivity contribution is 0.982. The van der Waals surface area contributed by atoms with E-state index >= 15 is 0 Å². The molecule has 1 heterocycles. The SMILES string of the molecule is CSC(C)CNc1nc(N)ncc1C. The summed E-state index contributed by atoms with van der Waals surface area (Å²) in [6.45, 7) is 5.02. The summed E-state index contributed by atoms with van der Waals surface area (Å²) in [6.07, 6.45) is 3.82. The minimum absolute atomic E-state index is 0.315. The number of aromatic nitrogens is 2. The van der Waals surface area contributed by atoms with Gasteiger partial charge >= 0.3 is 0 Å². The predicted molar refractivity (Wildman–Crippen MR) is 62.6 cm³/mol. The molecule has 0 aromatic carbocycles. The van der Waals surface area contributed by atoms with Gasteiger partial charge in [0.2, 0.25) is 5.95 Å². The zero-order valence-electron chi connectivity index (χ0n) is 8.74. The summed E-state index contributed by atoms with van der Waals surface area (Å²) in [6, 6.07) is 0. The second kappa shape index (κ2) is 5.05. The van der Waals surface area contributed by atoms with Crippen molar-refractivity contribution in [2.75, 3.05) is 23.9 Å². The smallest absolute Gasteiger partial charge is 0.221 e. The summed E-state index contributed by atoms with van der Waals surface area (Å²) in [4.78, 5) is 8.03. The fourth-order valence-electron chi connectivity index (χ4n) is 0.958. The van der Waals surface area contributed by atoms with E-state index in [1.165, 1.54) is 0 Å². The van der Waals surface area contributed by atoms with Gasteiger partial charge in [-0.2, -0.15) is 16.7 Å². The average Bonchev–Trinajstić information content (AvgIpc) is 2.19. The van der Waals surface area contributed by atoms with E-state index in [4.69, 9.17) is 5.73 Å². The van der Waals surface area contributed by atoms with E-state index in [9.17, 15) is 0 Å². The third-order valence-corrected chi connectivity index (χ3v) is 2.92. The maximum absolute atomic E-state index is 5.50. The maximum atomic E-state index is 5.50. The molecule has 0 aliphatic heterocycles. The Bertz CT molecular complexity index is 303. The number of aryl methyl sites for hydroxylation is 1. The number of anilines is 2. The van der Waals surface area contributed by atoms with Gasteiger partial charge in [0.15, 0.2) is 0 Å². The highest BCUT2D eigenvalue weighted by atomic mass is 32.2. The summed E-state index contributed by atoms with van der Waals surface area (Å²) in [7, 11) is 0. The first kappa shape index (κ1) is 11.1. The fourth-order valence-corrected chi connectivity index (χ4v) is 1.21. The molecule has 0 radical (unpaired) electrons. The van der Waals surface area contributed by atoms with Crippen LogP contribution in [0.1, 0.15) is 12.5 Å². The van der Waals surface area contributed by atoms with Crippen LogP contribution in [0.15, 0.2) is 6.20 Å². The molecule has 1 atom stereocenters. The maximum Gasteiger partial charge on any atom is 0.221 e. The number of thioether (sulfide) groups is 1. The number of rotatable bonds is 4. The van der Waals surface area contributed by atoms with Gasteiger partial charge in [-0.3, -0.25) is 0 Å². The molecule has 5 heteroatoms. The second-order valence-electron chi connectivity index (χ2n) is 3.19. The lowest BCUT2D eigenvalue weighted by Crippen LogP contribution is -2.15. The minimum Gasteiger partial charge on any atom is -0.369 e. The van der Waals surface area contributed by atoms with Gasteiger partial charge in [0.1, 0.15) is 5.82 Å². The number of hydrogen-bond acceptors (Lipinski definition) is 5. The van der Waals surface area contributed by atoms with Gasteiger partial charge in [-0.05, 0) is 13.2 Å². The van der Waals surface area contributed by atoms with Crippen molar-refractivity contribution in [3.05, 3.63) is 11.8 Å². The monoisotopic (exact) mass is 212 g/mol. The summed E-state index contributed by atoms with van der Waals surface area (Å²) < 4.78 is 0. The van der Waals surface area contributed by atoms with Crippen molar-refractivity contribution in [2.24, 2.45) is 0 Å². The molecule has 78 valence electrons. The van der Waals surface area contributed by atoms with Crippen molar-refractivity contribution in [1.29, 1.82) is 0 Å². The van der Waals surface area contributed by atoms with Crippen molar-refractivity contribution in [3.8, 4) is 0 Å². The molecule has 1 unspecified atom stereocenters. The van der Waals surface area contributed by atoms with Crippen LogP contribution in [0.5, 0.6) is 0 Å². The van der Waals surface area contributed by atoms with Gasteiger partial charge in [0, 0.05) is 23.6 Å². The highest BCUT2D eigenvalue weighted by molar-refractivity contribution is 7.99. The molecule has 0 aliphatic rings. The van der Waals surface area contributed by atoms with E-state index in [2.05, 4.69) is 28.5 Å². The van der Waals surface area contributed by atoms with Crippen LogP contribution in [0.2, 0.25) is 0 Å². The topological polar surface area (TPSA) is 63.8 Å². The zero-order valence-corrected chi connectivity index (χ0v) is 9.56. The molecule has 3 N–H and O–H groups in total. The first-order valence-corrected chi connectivity index (χ1v) is 5.78. The normalized spacial score (nSPS) is 12.5. The molecule has 4 nitrogen and oxygen atoms in total. The van der Waals surface area contributed by atoms with Gasteiger partial charge in [-0.1, -0.05) is 6.92 Å². The largest absolute Gasteiger partial charge is 0.369 e. The lowest BCUT2D eigenvalue weighted by atomic mass is 10.3. The number of nitrogens with zero attached hydrogens (tertiary/aromatic N) is 2. The van der Waals surface area contributed by atoms with Crippen molar-refractivity contribution in [1.82, 2.24) is 9.97 Å². The van der Waals surface area contributed by atoms with Crippen molar-refractivity contribution in [3.63, 3.8) is 0 Å². The summed E-state index contributed by atoms with van der Waals surface area (Å²) in [5.74, 6) is 1.15. The summed E-state index contributed by atoms with van der Waals surface area (Å²) in [5, 5.41) is 3.81. The van der Waals surface area contributed by atoms with Gasteiger partial charge in [-0.15, -0.1) is 0 Å². The molecule has 1 rings (SSSR count). The number of hydrogen-bond donors (Lipinski definition) is 2. The predicted octanol–water partition coefficient (Wildman–Crippen LogP) is 1.53. The van der Waals surface area contributed by atoms with E-state index in [0.717, 1.165) is 17.9 Å². The highest BCUT2D eigenvalue weighted by Gasteiger charge is 2.03. The summed E-state index contributed by atoms with van der Waals surface area (Å²) in [5.41, 5.74) is 6.52. The second-order valence-corrected chi connectivity index (χ2v) is 4.46. The first-order chi connectivity index (χ1) is 6.63. The van der Waals surface area contributed by atoms with Crippen LogP contribution in [0.25, 0.3) is 0 Å². The number of nitrogens with two attached hydrogens (primary N) is 1. The minimum atomic E-state index is 0.315. The quantitative estimate of drug-likeness (QED) is 0.792. The molecule has 1 aromatic heterocycles. The molecule has 0 saturated heterocycles. The van der Waals surface area contributed by atoms with E-state index in [1.807, 2.05) is 18.7 Å². The standard InChI is InChI=1S/C9H16N4S/c1-6-4-12-9(10)13-8(6)11-5-7(2)14-3/h4,7H,5H2,1-3H3,(H3,10,11,12,13). The van der Waals surface area contributed by atoms with Gasteiger partial charge < -0.3 is 11.1 Å². The Morgan fingerprint density at radius 2 is 2.36 bits per heavy atom. The van der Waals surface area contributed by atoms with Crippen LogP contribution in [0.4, 0.5) is 11.8 Å². The van der Waals surface area contributed by atoms with Crippen LogP contribution in [0.3, 0.4) is 0 Å². The Labute approximate surface area is 88.7 Å². The third-order valence-electron chi connectivity index (χ3n) is 1.95. The molecule has 1 aromatic rings. The fraction of sp³-hybridized carbons (Fsp3) is 0.556. The number of nitrogen functional groups attached to an aromatic ring is 1. The van der Waals surface area contributed by atoms with Crippen molar-refractivity contribution < 1.29 is 0 Å². The van der Waals surface area contributed by atoms with Gasteiger partial charge in [-0.25, -0.2) is 4.98 Å². The first-order valence-electron chi connectivity index (χ1n) is 4.49. The molecular weight excluding hydrogens is 196 g/mol. The third kappa shape index (κ3) is 3.06. The van der Waals surface area contributed by atoms with E-state index in [1.54, 1.807) is 6.20 Å². The Hall–Kier alpha value is -0.970. The van der Waals surface area contributed by atoms with Crippen molar-refractivity contribution in [2.45, 2.75) is 19.1 Å². The Morgan fingerprint density at radius 3 is 3.00 bits per heavy atom. The van der Waals surface area contributed by atoms with Gasteiger partial charge in [0.05, 0.1) is 0 Å². The van der Waals surface area contributed by atoms with E-state index in [-0.39, 0.29) is 0 Å². The molecule has 0 spiro atoms. The Balaban J connectivity index is 2.62. The van der Waals surface area contributed by atoms with Crippen LogP contribution >= 0.6 is 11.8 Å². The Morgan fingerprint density at radius 1 is 1.64 bits per heavy atom. The van der Waals surface area contributed by atoms with Crippen LogP contribution in [-0.2, 0) is 0 Å².